The number of halogens is 2. The smallest absolute Gasteiger partial charge is 0.339 e. The fraction of sp³-hybridized carbons (Fsp3) is 0. The molecule has 2 aromatic rings. The number of aromatic nitrogens is 1. The molecule has 1 heterocycles. The number of hydrogen-bond acceptors (Lipinski definition) is 3. The zero-order valence-corrected chi connectivity index (χ0v) is 10.7. The quantitative estimate of drug-likeness (QED) is 0.853. The maximum absolute atomic E-state index is 13.4. The van der Waals surface area contributed by atoms with Crippen LogP contribution in [0, 0.1) is 5.95 Å². The van der Waals surface area contributed by atoms with Gasteiger partial charge in [-0.3, -0.25) is 4.79 Å². The Bertz CT molecular complexity index is 691. The summed E-state index contributed by atoms with van der Waals surface area (Å²) < 4.78 is 13.4. The van der Waals surface area contributed by atoms with Crippen LogP contribution >= 0.6 is 11.6 Å². The van der Waals surface area contributed by atoms with E-state index in [-0.39, 0.29) is 21.8 Å². The number of anilines is 1. The molecule has 2 N–H and O–H groups in total. The second-order valence-corrected chi connectivity index (χ2v) is 4.17. The number of benzene rings is 1. The summed E-state index contributed by atoms with van der Waals surface area (Å²) in [4.78, 5) is 26.3. The van der Waals surface area contributed by atoms with Crippen molar-refractivity contribution < 1.29 is 19.1 Å². The highest BCUT2D eigenvalue weighted by atomic mass is 35.5. The number of aromatic carboxylic acids is 1. The summed E-state index contributed by atoms with van der Waals surface area (Å²) in [6, 6.07) is 6.85. The van der Waals surface area contributed by atoms with Gasteiger partial charge in [0.25, 0.3) is 5.91 Å². The number of nitrogens with zero attached hydrogens (tertiary/aromatic N) is 1. The van der Waals surface area contributed by atoms with E-state index in [4.69, 9.17) is 16.7 Å². The van der Waals surface area contributed by atoms with Crippen LogP contribution in [-0.4, -0.2) is 22.0 Å². The van der Waals surface area contributed by atoms with Crippen LogP contribution in [0.15, 0.2) is 36.5 Å². The van der Waals surface area contributed by atoms with E-state index in [2.05, 4.69) is 10.3 Å². The maximum Gasteiger partial charge on any atom is 0.339 e. The van der Waals surface area contributed by atoms with Crippen molar-refractivity contribution in [2.45, 2.75) is 0 Å². The van der Waals surface area contributed by atoms with Crippen LogP contribution in [0.4, 0.5) is 10.1 Å². The van der Waals surface area contributed by atoms with Crippen LogP contribution in [0.25, 0.3) is 0 Å². The van der Waals surface area contributed by atoms with E-state index in [9.17, 15) is 14.0 Å². The van der Waals surface area contributed by atoms with Gasteiger partial charge in [0.15, 0.2) is 0 Å². The second-order valence-electron chi connectivity index (χ2n) is 3.76. The van der Waals surface area contributed by atoms with Crippen molar-refractivity contribution in [2.75, 3.05) is 5.32 Å². The van der Waals surface area contributed by atoms with Crippen LogP contribution in [0.1, 0.15) is 20.7 Å². The first-order valence-corrected chi connectivity index (χ1v) is 5.82. The Morgan fingerprint density at radius 2 is 2.00 bits per heavy atom. The Hall–Kier alpha value is -2.47. The third kappa shape index (κ3) is 2.75. The Morgan fingerprint density at radius 3 is 2.65 bits per heavy atom. The van der Waals surface area contributed by atoms with Crippen molar-refractivity contribution in [1.82, 2.24) is 4.98 Å². The topological polar surface area (TPSA) is 79.3 Å². The molecule has 20 heavy (non-hydrogen) atoms. The van der Waals surface area contributed by atoms with Gasteiger partial charge in [-0.05, 0) is 24.3 Å². The molecule has 102 valence electrons. The Labute approximate surface area is 118 Å². The third-order valence-electron chi connectivity index (χ3n) is 2.48. The summed E-state index contributed by atoms with van der Waals surface area (Å²) in [7, 11) is 0. The van der Waals surface area contributed by atoms with E-state index in [1.807, 2.05) is 0 Å². The van der Waals surface area contributed by atoms with Crippen LogP contribution in [0.2, 0.25) is 5.02 Å². The molecule has 0 saturated heterocycles. The van der Waals surface area contributed by atoms with Crippen molar-refractivity contribution >= 4 is 29.2 Å². The average molecular weight is 295 g/mol. The Balaban J connectivity index is 2.36. The summed E-state index contributed by atoms with van der Waals surface area (Å²) in [5.41, 5.74) is -0.561. The van der Waals surface area contributed by atoms with Gasteiger partial charge >= 0.3 is 5.97 Å². The van der Waals surface area contributed by atoms with Gasteiger partial charge in [0.1, 0.15) is 5.56 Å². The zero-order valence-electron chi connectivity index (χ0n) is 9.93. The minimum absolute atomic E-state index is 0.0155. The van der Waals surface area contributed by atoms with Gasteiger partial charge in [-0.25, -0.2) is 9.78 Å². The van der Waals surface area contributed by atoms with E-state index in [0.717, 1.165) is 0 Å². The normalized spacial score (nSPS) is 10.1. The van der Waals surface area contributed by atoms with Crippen LogP contribution in [-0.2, 0) is 0 Å². The molecule has 0 saturated carbocycles. The molecule has 1 amide bonds. The van der Waals surface area contributed by atoms with E-state index in [1.54, 1.807) is 0 Å². The molecule has 5 nitrogen and oxygen atoms in total. The molecule has 0 aliphatic carbocycles. The molecular formula is C13H8ClFN2O3. The van der Waals surface area contributed by atoms with Gasteiger partial charge in [-0.1, -0.05) is 17.7 Å². The van der Waals surface area contributed by atoms with Crippen molar-refractivity contribution in [1.29, 1.82) is 0 Å². The second kappa shape index (κ2) is 5.66. The highest BCUT2D eigenvalue weighted by Gasteiger charge is 2.18. The Kier molecular flexibility index (Phi) is 3.95. The maximum atomic E-state index is 13.4. The number of carboxylic acids is 1. The SMILES string of the molecule is O=C(Nc1cccc(Cl)c1C(=O)O)c1cccnc1F. The number of carbonyl (C=O) groups excluding carboxylic acids is 1. The van der Waals surface area contributed by atoms with Crippen molar-refractivity contribution in [3.05, 3.63) is 58.6 Å². The van der Waals surface area contributed by atoms with Crippen LogP contribution in [0.5, 0.6) is 0 Å². The molecular weight excluding hydrogens is 287 g/mol. The van der Waals surface area contributed by atoms with E-state index in [0.29, 0.717) is 0 Å². The molecule has 0 unspecified atom stereocenters. The first-order chi connectivity index (χ1) is 9.50. The van der Waals surface area contributed by atoms with E-state index >= 15 is 0 Å². The lowest BCUT2D eigenvalue weighted by molar-refractivity contribution is 0.0698. The van der Waals surface area contributed by atoms with Crippen LogP contribution in [0.3, 0.4) is 0 Å². The molecule has 1 aromatic heterocycles. The number of rotatable bonds is 3. The molecule has 0 aliphatic heterocycles. The number of hydrogen-bond donors (Lipinski definition) is 2. The third-order valence-corrected chi connectivity index (χ3v) is 2.79. The van der Waals surface area contributed by atoms with E-state index in [1.165, 1.54) is 36.5 Å². The molecule has 1 aromatic carbocycles. The monoisotopic (exact) mass is 294 g/mol. The fourth-order valence-corrected chi connectivity index (χ4v) is 1.85. The average Bonchev–Trinajstić information content (AvgIpc) is 2.38. The minimum Gasteiger partial charge on any atom is -0.478 e. The summed E-state index contributed by atoms with van der Waals surface area (Å²) >= 11 is 5.77. The lowest BCUT2D eigenvalue weighted by Crippen LogP contribution is -2.16. The predicted octanol–water partition coefficient (Wildman–Crippen LogP) is 2.82. The van der Waals surface area contributed by atoms with Crippen molar-refractivity contribution in [3.8, 4) is 0 Å². The summed E-state index contributed by atoms with van der Waals surface area (Å²) in [6.07, 6.45) is 1.20. The number of pyridine rings is 1. The van der Waals surface area contributed by atoms with Gasteiger partial charge in [-0.2, -0.15) is 4.39 Å². The standard InChI is InChI=1S/C13H8ClFN2O3/c14-8-4-1-5-9(10(8)13(19)20)17-12(18)7-3-2-6-16-11(7)15/h1-6H,(H,17,18)(H,19,20). The number of carboxylic acid groups (broad SMARTS) is 1. The van der Waals surface area contributed by atoms with Crippen LogP contribution < -0.4 is 5.32 Å². The molecule has 0 radical (unpaired) electrons. The molecule has 0 spiro atoms. The van der Waals surface area contributed by atoms with E-state index < -0.39 is 17.8 Å². The molecule has 0 fully saturated rings. The molecule has 0 aliphatic rings. The minimum atomic E-state index is -1.29. The van der Waals surface area contributed by atoms with Gasteiger partial charge in [-0.15, -0.1) is 0 Å². The Morgan fingerprint density at radius 1 is 1.25 bits per heavy atom. The fourth-order valence-electron chi connectivity index (χ4n) is 1.59. The lowest BCUT2D eigenvalue weighted by atomic mass is 10.1. The van der Waals surface area contributed by atoms with Crippen molar-refractivity contribution in [3.63, 3.8) is 0 Å². The largest absolute Gasteiger partial charge is 0.478 e. The molecule has 0 bridgehead atoms. The number of amides is 1. The first-order valence-electron chi connectivity index (χ1n) is 5.44. The van der Waals surface area contributed by atoms with Gasteiger partial charge in [0.2, 0.25) is 5.95 Å². The lowest BCUT2D eigenvalue weighted by Gasteiger charge is -2.09. The number of nitrogens with one attached hydrogen (secondary N) is 1. The number of carbonyl (C=O) groups is 2. The van der Waals surface area contributed by atoms with Gasteiger partial charge in [0, 0.05) is 6.20 Å². The first kappa shape index (κ1) is 14.0. The summed E-state index contributed by atoms with van der Waals surface area (Å²) in [5, 5.41) is 11.3. The summed E-state index contributed by atoms with van der Waals surface area (Å²) in [6.45, 7) is 0. The summed E-state index contributed by atoms with van der Waals surface area (Å²) in [5.74, 6) is -3.04. The molecule has 7 heteroatoms. The highest BCUT2D eigenvalue weighted by Crippen LogP contribution is 2.24. The highest BCUT2D eigenvalue weighted by molar-refractivity contribution is 6.34. The van der Waals surface area contributed by atoms with Gasteiger partial charge < -0.3 is 10.4 Å². The molecule has 2 rings (SSSR count). The predicted molar refractivity (Wildman–Crippen MR) is 70.6 cm³/mol. The zero-order chi connectivity index (χ0) is 14.7. The molecule has 0 atom stereocenters. The van der Waals surface area contributed by atoms with Crippen molar-refractivity contribution in [2.24, 2.45) is 0 Å². The van der Waals surface area contributed by atoms with Gasteiger partial charge in [0.05, 0.1) is 16.3 Å².